The predicted molar refractivity (Wildman–Crippen MR) is 105 cm³/mol. The number of carbonyl (C=O) groups is 1. The van der Waals surface area contributed by atoms with E-state index in [1.807, 2.05) is 31.2 Å². The first-order chi connectivity index (χ1) is 13.0. The molecule has 5 nitrogen and oxygen atoms in total. The number of aromatic nitrogens is 1. The summed E-state index contributed by atoms with van der Waals surface area (Å²) in [5.74, 6) is 0.288. The maximum atomic E-state index is 13.0. The number of thiazole rings is 1. The van der Waals surface area contributed by atoms with Gasteiger partial charge < -0.3 is 15.4 Å². The lowest BCUT2D eigenvalue weighted by molar-refractivity contribution is 0.0943. The van der Waals surface area contributed by atoms with E-state index in [0.717, 1.165) is 11.3 Å². The minimum absolute atomic E-state index is 0.154. The van der Waals surface area contributed by atoms with Crippen LogP contribution in [0.25, 0.3) is 0 Å². The van der Waals surface area contributed by atoms with Crippen LogP contribution in [0, 0.1) is 12.7 Å². The van der Waals surface area contributed by atoms with Crippen LogP contribution in [-0.4, -0.2) is 18.0 Å². The fourth-order valence-corrected chi connectivity index (χ4v) is 3.45. The molecular weight excluding hydrogens is 365 g/mol. The van der Waals surface area contributed by atoms with Crippen molar-refractivity contribution in [2.75, 3.05) is 12.4 Å². The molecule has 0 fully saturated rings. The summed E-state index contributed by atoms with van der Waals surface area (Å²) in [7, 11) is 1.62. The number of anilines is 2. The Balaban J connectivity index is 1.68. The van der Waals surface area contributed by atoms with Crippen LogP contribution in [-0.2, 0) is 0 Å². The highest BCUT2D eigenvalue weighted by molar-refractivity contribution is 7.17. The Labute approximate surface area is 161 Å². The van der Waals surface area contributed by atoms with Crippen LogP contribution in [0.3, 0.4) is 0 Å². The van der Waals surface area contributed by atoms with Crippen molar-refractivity contribution in [1.82, 2.24) is 10.3 Å². The molecule has 3 aromatic rings. The van der Waals surface area contributed by atoms with Gasteiger partial charge in [0, 0.05) is 5.69 Å². The number of methoxy groups -OCH3 is 1. The van der Waals surface area contributed by atoms with Gasteiger partial charge in [0.2, 0.25) is 0 Å². The Hall–Kier alpha value is -2.93. The van der Waals surface area contributed by atoms with E-state index in [0.29, 0.717) is 21.4 Å². The second-order valence-corrected chi connectivity index (χ2v) is 7.03. The average molecular weight is 385 g/mol. The van der Waals surface area contributed by atoms with Crippen molar-refractivity contribution in [1.29, 1.82) is 0 Å². The molecule has 2 aromatic carbocycles. The fraction of sp³-hybridized carbons (Fsp3) is 0.200. The van der Waals surface area contributed by atoms with Gasteiger partial charge in [-0.05, 0) is 55.8 Å². The van der Waals surface area contributed by atoms with Gasteiger partial charge in [0.1, 0.15) is 16.4 Å². The lowest BCUT2D eigenvalue weighted by atomic mass is 10.1. The monoisotopic (exact) mass is 385 g/mol. The smallest absolute Gasteiger partial charge is 0.263 e. The van der Waals surface area contributed by atoms with E-state index in [4.69, 9.17) is 4.74 Å². The Morgan fingerprint density at radius 1 is 1.15 bits per heavy atom. The molecule has 0 saturated carbocycles. The van der Waals surface area contributed by atoms with Crippen LogP contribution >= 0.6 is 11.3 Å². The number of ether oxygens (including phenoxy) is 1. The maximum absolute atomic E-state index is 13.0. The van der Waals surface area contributed by atoms with Crippen molar-refractivity contribution in [3.05, 3.63) is 70.5 Å². The molecule has 1 atom stereocenters. The lowest BCUT2D eigenvalue weighted by Gasteiger charge is -2.14. The highest BCUT2D eigenvalue weighted by Gasteiger charge is 2.18. The molecule has 0 aliphatic rings. The van der Waals surface area contributed by atoms with Crippen molar-refractivity contribution in [2.45, 2.75) is 19.9 Å². The normalized spacial score (nSPS) is 11.7. The highest BCUT2D eigenvalue weighted by atomic mass is 32.1. The molecule has 0 bridgehead atoms. The second-order valence-electron chi connectivity index (χ2n) is 6.03. The molecule has 0 aliphatic heterocycles. The van der Waals surface area contributed by atoms with E-state index < -0.39 is 0 Å². The zero-order chi connectivity index (χ0) is 19.4. The summed E-state index contributed by atoms with van der Waals surface area (Å²) >= 11 is 1.26. The van der Waals surface area contributed by atoms with E-state index in [1.165, 1.54) is 23.5 Å². The zero-order valence-electron chi connectivity index (χ0n) is 15.2. The van der Waals surface area contributed by atoms with E-state index >= 15 is 0 Å². The van der Waals surface area contributed by atoms with E-state index in [2.05, 4.69) is 15.6 Å². The molecule has 0 aliphatic carbocycles. The van der Waals surface area contributed by atoms with Crippen LogP contribution in [0.15, 0.2) is 48.5 Å². The van der Waals surface area contributed by atoms with Gasteiger partial charge in [-0.1, -0.05) is 23.5 Å². The fourth-order valence-electron chi connectivity index (χ4n) is 2.56. The van der Waals surface area contributed by atoms with Gasteiger partial charge in [0.15, 0.2) is 5.13 Å². The molecule has 3 rings (SSSR count). The van der Waals surface area contributed by atoms with Gasteiger partial charge in [-0.15, -0.1) is 0 Å². The molecule has 0 unspecified atom stereocenters. The molecule has 140 valence electrons. The summed E-state index contributed by atoms with van der Waals surface area (Å²) in [5, 5.41) is 6.67. The van der Waals surface area contributed by atoms with Crippen LogP contribution in [0.2, 0.25) is 0 Å². The Morgan fingerprint density at radius 2 is 1.81 bits per heavy atom. The number of hydrogen-bond donors (Lipinski definition) is 2. The summed E-state index contributed by atoms with van der Waals surface area (Å²) < 4.78 is 18.2. The van der Waals surface area contributed by atoms with E-state index in [9.17, 15) is 9.18 Å². The number of nitrogens with zero attached hydrogens (tertiary/aromatic N) is 1. The minimum atomic E-state index is -0.302. The summed E-state index contributed by atoms with van der Waals surface area (Å²) in [6, 6.07) is 13.4. The Morgan fingerprint density at radius 3 is 2.44 bits per heavy atom. The molecule has 27 heavy (non-hydrogen) atoms. The van der Waals surface area contributed by atoms with Crippen LogP contribution in [0.1, 0.15) is 33.9 Å². The predicted octanol–water partition coefficient (Wildman–Crippen LogP) is 4.83. The molecular formula is C20H20FN3O2S. The van der Waals surface area contributed by atoms with Gasteiger partial charge in [0.05, 0.1) is 18.8 Å². The largest absolute Gasteiger partial charge is 0.497 e. The molecule has 0 radical (unpaired) electrons. The molecule has 1 amide bonds. The molecule has 7 heteroatoms. The number of hydrogen-bond acceptors (Lipinski definition) is 5. The molecule has 0 spiro atoms. The van der Waals surface area contributed by atoms with E-state index in [-0.39, 0.29) is 17.8 Å². The number of benzene rings is 2. The van der Waals surface area contributed by atoms with Gasteiger partial charge in [-0.3, -0.25) is 4.79 Å². The van der Waals surface area contributed by atoms with Gasteiger partial charge in [-0.25, -0.2) is 9.37 Å². The summed E-state index contributed by atoms with van der Waals surface area (Å²) in [5.41, 5.74) is 2.34. The second kappa shape index (κ2) is 8.18. The molecule has 0 saturated heterocycles. The SMILES string of the molecule is COc1ccc([C@@H](C)NC(=O)c2sc(Nc3ccc(F)cc3)nc2C)cc1. The first-order valence-electron chi connectivity index (χ1n) is 8.41. The highest BCUT2D eigenvalue weighted by Crippen LogP contribution is 2.27. The maximum Gasteiger partial charge on any atom is 0.263 e. The van der Waals surface area contributed by atoms with Crippen molar-refractivity contribution in [2.24, 2.45) is 0 Å². The quantitative estimate of drug-likeness (QED) is 0.638. The Bertz CT molecular complexity index is 923. The topological polar surface area (TPSA) is 63.2 Å². The number of nitrogens with one attached hydrogen (secondary N) is 2. The minimum Gasteiger partial charge on any atom is -0.497 e. The van der Waals surface area contributed by atoms with Crippen molar-refractivity contribution in [3.63, 3.8) is 0 Å². The summed E-state index contributed by atoms with van der Waals surface area (Å²) in [4.78, 5) is 17.6. The van der Waals surface area contributed by atoms with Crippen molar-refractivity contribution in [3.8, 4) is 5.75 Å². The Kier molecular flexibility index (Phi) is 5.71. The third-order valence-corrected chi connectivity index (χ3v) is 5.13. The molecule has 1 heterocycles. The molecule has 1 aromatic heterocycles. The lowest BCUT2D eigenvalue weighted by Crippen LogP contribution is -2.26. The van der Waals surface area contributed by atoms with Crippen molar-refractivity contribution >= 4 is 28.1 Å². The average Bonchev–Trinajstić information content (AvgIpc) is 3.04. The van der Waals surface area contributed by atoms with E-state index in [1.54, 1.807) is 26.2 Å². The number of aryl methyl sites for hydroxylation is 1. The first-order valence-corrected chi connectivity index (χ1v) is 9.22. The van der Waals surface area contributed by atoms with Gasteiger partial charge >= 0.3 is 0 Å². The number of amides is 1. The van der Waals surface area contributed by atoms with Gasteiger partial charge in [-0.2, -0.15) is 0 Å². The number of carbonyl (C=O) groups excluding carboxylic acids is 1. The van der Waals surface area contributed by atoms with Gasteiger partial charge in [0.25, 0.3) is 5.91 Å². The standard InChI is InChI=1S/C20H20FN3O2S/c1-12(14-4-10-17(26-3)11-5-14)22-19(25)18-13(2)23-20(27-18)24-16-8-6-15(21)7-9-16/h4-12H,1-3H3,(H,22,25)(H,23,24)/t12-/m1/s1. The third-order valence-electron chi connectivity index (χ3n) is 4.06. The number of rotatable bonds is 6. The van der Waals surface area contributed by atoms with Crippen LogP contribution < -0.4 is 15.4 Å². The zero-order valence-corrected chi connectivity index (χ0v) is 16.1. The first kappa shape index (κ1) is 18.8. The molecule has 2 N–H and O–H groups in total. The number of halogens is 1. The van der Waals surface area contributed by atoms with Crippen molar-refractivity contribution < 1.29 is 13.9 Å². The summed E-state index contributed by atoms with van der Waals surface area (Å²) in [6.07, 6.45) is 0. The summed E-state index contributed by atoms with van der Waals surface area (Å²) in [6.45, 7) is 3.72. The van der Waals surface area contributed by atoms with Crippen LogP contribution in [0.4, 0.5) is 15.2 Å². The third kappa shape index (κ3) is 4.62. The van der Waals surface area contributed by atoms with Crippen LogP contribution in [0.5, 0.6) is 5.75 Å².